The summed E-state index contributed by atoms with van der Waals surface area (Å²) >= 11 is 0. The molecule has 0 saturated heterocycles. The zero-order valence-electron chi connectivity index (χ0n) is 18.6. The number of halogens is 1. The lowest BCUT2D eigenvalue weighted by atomic mass is 9.69. The number of rotatable bonds is 7. The van der Waals surface area contributed by atoms with Gasteiger partial charge in [-0.05, 0) is 87.4 Å². The maximum absolute atomic E-state index is 14.3. The van der Waals surface area contributed by atoms with Crippen molar-refractivity contribution in [3.63, 3.8) is 0 Å². The first-order chi connectivity index (χ1) is 14.6. The van der Waals surface area contributed by atoms with E-state index in [9.17, 15) is 14.8 Å². The van der Waals surface area contributed by atoms with Gasteiger partial charge in [-0.25, -0.2) is 4.39 Å². The number of fused-ring (bicyclic) bond motifs is 1. The first-order valence-corrected chi connectivity index (χ1v) is 10.7. The second-order valence-corrected chi connectivity index (χ2v) is 9.55. The van der Waals surface area contributed by atoms with Crippen LogP contribution in [-0.4, -0.2) is 22.8 Å². The summed E-state index contributed by atoms with van der Waals surface area (Å²) in [5, 5.41) is 21.6. The van der Waals surface area contributed by atoms with E-state index in [2.05, 4.69) is 24.0 Å². The predicted octanol–water partition coefficient (Wildman–Crippen LogP) is 5.55. The monoisotopic (exact) mass is 420 g/mol. The minimum atomic E-state index is -0.845. The van der Waals surface area contributed by atoms with Crippen molar-refractivity contribution in [2.45, 2.75) is 57.5 Å². The second-order valence-electron chi connectivity index (χ2n) is 9.55. The lowest BCUT2D eigenvalue weighted by molar-refractivity contribution is 0.00654. The van der Waals surface area contributed by atoms with Gasteiger partial charge in [-0.2, -0.15) is 5.26 Å². The summed E-state index contributed by atoms with van der Waals surface area (Å²) in [7, 11) is 1.59. The van der Waals surface area contributed by atoms with Crippen LogP contribution >= 0.6 is 0 Å². The molecule has 2 N–H and O–H groups in total. The van der Waals surface area contributed by atoms with Crippen LogP contribution in [0.4, 0.5) is 4.39 Å². The molecule has 5 heteroatoms. The zero-order valence-corrected chi connectivity index (χ0v) is 18.6. The van der Waals surface area contributed by atoms with E-state index >= 15 is 0 Å². The number of H-pyrrole nitrogens is 1. The summed E-state index contributed by atoms with van der Waals surface area (Å²) in [4.78, 5) is 3.45. The van der Waals surface area contributed by atoms with Gasteiger partial charge in [-0.3, -0.25) is 0 Å². The van der Waals surface area contributed by atoms with Gasteiger partial charge >= 0.3 is 0 Å². The van der Waals surface area contributed by atoms with E-state index in [1.54, 1.807) is 13.2 Å². The highest BCUT2D eigenvalue weighted by atomic mass is 19.1. The van der Waals surface area contributed by atoms with Gasteiger partial charge in [0.15, 0.2) is 0 Å². The van der Waals surface area contributed by atoms with Gasteiger partial charge in [0.1, 0.15) is 11.6 Å². The third kappa shape index (κ3) is 4.18. The molecule has 162 valence electrons. The minimum Gasteiger partial charge on any atom is -0.496 e. The molecule has 1 aliphatic carbocycles. The molecule has 1 fully saturated rings. The first-order valence-electron chi connectivity index (χ1n) is 10.7. The van der Waals surface area contributed by atoms with Crippen molar-refractivity contribution in [1.29, 1.82) is 5.26 Å². The van der Waals surface area contributed by atoms with Crippen molar-refractivity contribution in [3.05, 3.63) is 64.6 Å². The van der Waals surface area contributed by atoms with E-state index < -0.39 is 11.0 Å². The highest BCUT2D eigenvalue weighted by molar-refractivity contribution is 5.85. The number of nitrogens with zero attached hydrogens (tertiary/aromatic N) is 1. The van der Waals surface area contributed by atoms with Gasteiger partial charge in [0.05, 0.1) is 24.3 Å². The van der Waals surface area contributed by atoms with E-state index in [4.69, 9.17) is 4.74 Å². The lowest BCUT2D eigenvalue weighted by Crippen LogP contribution is -2.39. The maximum atomic E-state index is 14.3. The number of aromatic nitrogens is 1. The highest BCUT2D eigenvalue weighted by Crippen LogP contribution is 2.48. The Kier molecular flexibility index (Phi) is 5.31. The number of hydrogen-bond donors (Lipinski definition) is 2. The van der Waals surface area contributed by atoms with E-state index in [-0.39, 0.29) is 11.7 Å². The molecule has 3 aromatic rings. The van der Waals surface area contributed by atoms with Crippen LogP contribution in [0.1, 0.15) is 55.5 Å². The zero-order chi connectivity index (χ0) is 22.4. The van der Waals surface area contributed by atoms with Gasteiger partial charge in [0.25, 0.3) is 0 Å². The van der Waals surface area contributed by atoms with Crippen molar-refractivity contribution in [3.8, 4) is 11.8 Å². The van der Waals surface area contributed by atoms with Gasteiger partial charge in [0, 0.05) is 27.6 Å². The molecule has 0 amide bonds. The van der Waals surface area contributed by atoms with Crippen molar-refractivity contribution < 1.29 is 14.2 Å². The Morgan fingerprint density at radius 2 is 1.97 bits per heavy atom. The average molecular weight is 421 g/mol. The van der Waals surface area contributed by atoms with Crippen molar-refractivity contribution in [2.24, 2.45) is 5.92 Å². The summed E-state index contributed by atoms with van der Waals surface area (Å²) in [6, 6.07) is 12.6. The molecule has 2 atom stereocenters. The maximum Gasteiger partial charge on any atom is 0.123 e. The smallest absolute Gasteiger partial charge is 0.123 e. The highest BCUT2D eigenvalue weighted by Gasteiger charge is 2.46. The Bertz CT molecular complexity index is 1170. The van der Waals surface area contributed by atoms with E-state index in [1.165, 1.54) is 12.1 Å². The van der Waals surface area contributed by atoms with Crippen molar-refractivity contribution in [2.75, 3.05) is 7.11 Å². The molecule has 31 heavy (non-hydrogen) atoms. The number of ether oxygens (including phenoxy) is 1. The Hall–Kier alpha value is -2.84. The van der Waals surface area contributed by atoms with Crippen LogP contribution in [0, 0.1) is 30.0 Å². The van der Waals surface area contributed by atoms with Crippen LogP contribution in [0.15, 0.2) is 36.4 Å². The number of hydrogen-bond acceptors (Lipinski definition) is 3. The molecule has 1 aromatic heterocycles. The number of nitrogens with one attached hydrogen (secondary N) is 1. The van der Waals surface area contributed by atoms with Crippen LogP contribution in [0.2, 0.25) is 0 Å². The molecule has 4 rings (SSSR count). The standard InChI is InChI=1S/C26H29FN2O2/c1-16-9-17(14-28)10-23-21(16)12-20(29-23)13-25(2,15-26(3,30)18-5-6-18)22-11-19(27)7-8-24(22)31-4/h7-12,18,29-30H,5-6,13,15H2,1-4H3. The predicted molar refractivity (Wildman–Crippen MR) is 120 cm³/mol. The molecule has 1 heterocycles. The number of aromatic amines is 1. The Balaban J connectivity index is 1.80. The van der Waals surface area contributed by atoms with Crippen LogP contribution in [0.3, 0.4) is 0 Å². The molecule has 0 radical (unpaired) electrons. The van der Waals surface area contributed by atoms with Gasteiger partial charge in [-0.1, -0.05) is 6.92 Å². The van der Waals surface area contributed by atoms with E-state index in [0.717, 1.165) is 40.6 Å². The fourth-order valence-electron chi connectivity index (χ4n) is 5.10. The quantitative estimate of drug-likeness (QED) is 0.527. The number of benzene rings is 2. The SMILES string of the molecule is COc1ccc(F)cc1C(C)(Cc1cc2c(C)cc(C#N)cc2[nH]1)CC(C)(O)C1CC1. The van der Waals surface area contributed by atoms with Gasteiger partial charge in [0.2, 0.25) is 0 Å². The van der Waals surface area contributed by atoms with Crippen molar-refractivity contribution >= 4 is 10.9 Å². The molecular formula is C26H29FN2O2. The van der Waals surface area contributed by atoms with Crippen LogP contribution < -0.4 is 4.74 Å². The Morgan fingerprint density at radius 1 is 1.23 bits per heavy atom. The normalized spacial score (nSPS) is 17.7. The summed E-state index contributed by atoms with van der Waals surface area (Å²) in [5.74, 6) is 0.573. The second kappa shape index (κ2) is 7.69. The molecule has 0 bridgehead atoms. The Labute approximate surface area is 182 Å². The van der Waals surface area contributed by atoms with Crippen LogP contribution in [0.5, 0.6) is 5.75 Å². The average Bonchev–Trinajstić information content (AvgIpc) is 3.50. The third-order valence-electron chi connectivity index (χ3n) is 6.73. The fraction of sp³-hybridized carbons (Fsp3) is 0.423. The van der Waals surface area contributed by atoms with Crippen LogP contribution in [0.25, 0.3) is 10.9 Å². The summed E-state index contributed by atoms with van der Waals surface area (Å²) in [6.07, 6.45) is 3.10. The molecule has 0 spiro atoms. The van der Waals surface area contributed by atoms with Crippen molar-refractivity contribution in [1.82, 2.24) is 4.98 Å². The largest absolute Gasteiger partial charge is 0.496 e. The van der Waals surface area contributed by atoms with Gasteiger partial charge < -0.3 is 14.8 Å². The molecule has 1 aliphatic rings. The molecule has 4 nitrogen and oxygen atoms in total. The molecule has 0 aliphatic heterocycles. The summed E-state index contributed by atoms with van der Waals surface area (Å²) in [5.41, 5.74) is 2.89. The molecular weight excluding hydrogens is 391 g/mol. The molecule has 2 aromatic carbocycles. The van der Waals surface area contributed by atoms with E-state index in [1.807, 2.05) is 26.0 Å². The minimum absolute atomic E-state index is 0.273. The number of nitriles is 1. The van der Waals surface area contributed by atoms with E-state index in [0.29, 0.717) is 24.2 Å². The summed E-state index contributed by atoms with van der Waals surface area (Å²) in [6.45, 7) is 5.96. The number of methoxy groups -OCH3 is 1. The lowest BCUT2D eigenvalue weighted by Gasteiger charge is -2.38. The number of aliphatic hydroxyl groups is 1. The Morgan fingerprint density at radius 3 is 2.61 bits per heavy atom. The first kappa shape index (κ1) is 21.4. The molecule has 2 unspecified atom stereocenters. The number of aryl methyl sites for hydroxylation is 1. The fourth-order valence-corrected chi connectivity index (χ4v) is 5.10. The third-order valence-corrected chi connectivity index (χ3v) is 6.73. The topological polar surface area (TPSA) is 69.0 Å². The van der Waals surface area contributed by atoms with Crippen LogP contribution in [-0.2, 0) is 11.8 Å². The van der Waals surface area contributed by atoms with Gasteiger partial charge in [-0.15, -0.1) is 0 Å². The molecule has 1 saturated carbocycles. The summed E-state index contributed by atoms with van der Waals surface area (Å²) < 4.78 is 19.9.